The molecule has 22 heavy (non-hydrogen) atoms. The molecular weight excluding hydrogens is 274 g/mol. The van der Waals surface area contributed by atoms with Crippen molar-refractivity contribution in [2.24, 2.45) is 0 Å². The second-order valence-corrected chi connectivity index (χ2v) is 5.95. The number of nitrogens with zero attached hydrogens (tertiary/aromatic N) is 2. The van der Waals surface area contributed by atoms with Crippen LogP contribution in [0.1, 0.15) is 38.3 Å². The monoisotopic (exact) mass is 303 g/mol. The van der Waals surface area contributed by atoms with Crippen LogP contribution in [0.25, 0.3) is 0 Å². The van der Waals surface area contributed by atoms with Gasteiger partial charge in [-0.15, -0.1) is 0 Å². The van der Waals surface area contributed by atoms with Crippen LogP contribution in [-0.4, -0.2) is 55.0 Å². The highest BCUT2D eigenvalue weighted by atomic mass is 16.2. The molecule has 1 aliphatic heterocycles. The van der Waals surface area contributed by atoms with Crippen LogP contribution < -0.4 is 5.32 Å². The normalized spacial score (nSPS) is 20.2. The summed E-state index contributed by atoms with van der Waals surface area (Å²) in [6, 6.07) is 10.4. The van der Waals surface area contributed by atoms with Gasteiger partial charge in [0.15, 0.2) is 0 Å². The number of benzene rings is 1. The summed E-state index contributed by atoms with van der Waals surface area (Å²) in [4.78, 5) is 17.5. The number of likely N-dealkylation sites (tertiary alicyclic amines) is 1. The van der Waals surface area contributed by atoms with Crippen molar-refractivity contribution >= 4 is 5.91 Å². The molecule has 0 saturated carbocycles. The molecule has 4 nitrogen and oxygen atoms in total. The van der Waals surface area contributed by atoms with E-state index in [0.717, 1.165) is 44.6 Å². The molecule has 1 aromatic rings. The zero-order valence-electron chi connectivity index (χ0n) is 14.1. The third kappa shape index (κ3) is 3.87. The van der Waals surface area contributed by atoms with E-state index in [0.29, 0.717) is 6.04 Å². The molecule has 0 bridgehead atoms. The molecule has 0 aromatic heterocycles. The summed E-state index contributed by atoms with van der Waals surface area (Å²) in [7, 11) is 1.98. The Morgan fingerprint density at radius 3 is 2.59 bits per heavy atom. The molecule has 1 amide bonds. The van der Waals surface area contributed by atoms with Crippen molar-refractivity contribution < 1.29 is 4.79 Å². The van der Waals surface area contributed by atoms with E-state index < -0.39 is 0 Å². The maximum atomic E-state index is 13.2. The van der Waals surface area contributed by atoms with Crippen LogP contribution in [0.3, 0.4) is 0 Å². The average molecular weight is 303 g/mol. The quantitative estimate of drug-likeness (QED) is 0.876. The second kappa shape index (κ2) is 8.30. The molecule has 2 atom stereocenters. The maximum Gasteiger partial charge on any atom is 0.244 e. The predicted molar refractivity (Wildman–Crippen MR) is 90.8 cm³/mol. The fraction of sp³-hybridized carbons (Fsp3) is 0.611. The van der Waals surface area contributed by atoms with Gasteiger partial charge in [0.2, 0.25) is 5.91 Å². The summed E-state index contributed by atoms with van der Waals surface area (Å²) in [6.07, 6.45) is 2.23. The molecule has 2 rings (SSSR count). The minimum absolute atomic E-state index is 0.160. The third-order valence-electron chi connectivity index (χ3n) is 4.67. The van der Waals surface area contributed by atoms with Crippen molar-refractivity contribution in [3.8, 4) is 0 Å². The minimum Gasteiger partial charge on any atom is -0.339 e. The molecule has 2 unspecified atom stereocenters. The van der Waals surface area contributed by atoms with Gasteiger partial charge in [-0.3, -0.25) is 9.69 Å². The van der Waals surface area contributed by atoms with Gasteiger partial charge in [0.05, 0.1) is 0 Å². The largest absolute Gasteiger partial charge is 0.339 e. The summed E-state index contributed by atoms with van der Waals surface area (Å²) in [6.45, 7) is 7.70. The lowest BCUT2D eigenvalue weighted by atomic mass is 10.0. The number of carbonyl (C=O) groups excluding carboxylic acids is 1. The Bertz CT molecular complexity index is 459. The summed E-state index contributed by atoms with van der Waals surface area (Å²) in [5, 5.41) is 3.32. The number of carbonyl (C=O) groups is 1. The molecule has 1 aromatic carbocycles. The molecule has 1 saturated heterocycles. The van der Waals surface area contributed by atoms with Crippen LogP contribution >= 0.6 is 0 Å². The maximum absolute atomic E-state index is 13.2. The first-order chi connectivity index (χ1) is 10.7. The molecule has 1 aliphatic rings. The van der Waals surface area contributed by atoms with Crippen LogP contribution in [0.5, 0.6) is 0 Å². The van der Waals surface area contributed by atoms with Gasteiger partial charge in [0.25, 0.3) is 0 Å². The first-order valence-electron chi connectivity index (χ1n) is 8.46. The first-order valence-corrected chi connectivity index (χ1v) is 8.46. The molecule has 122 valence electrons. The van der Waals surface area contributed by atoms with E-state index in [4.69, 9.17) is 0 Å². The van der Waals surface area contributed by atoms with Gasteiger partial charge in [-0.2, -0.15) is 0 Å². The standard InChI is InChI=1S/C18H29N3O/c1-4-20(5-2)17(15-10-7-6-8-11-15)18(22)21-13-9-12-16(14-21)19-3/h6-8,10-11,16-17,19H,4-5,9,12-14H2,1-3H3. The lowest BCUT2D eigenvalue weighted by molar-refractivity contribution is -0.138. The Hall–Kier alpha value is -1.39. The highest BCUT2D eigenvalue weighted by Crippen LogP contribution is 2.24. The van der Waals surface area contributed by atoms with E-state index in [-0.39, 0.29) is 11.9 Å². The Morgan fingerprint density at radius 1 is 1.32 bits per heavy atom. The van der Waals surface area contributed by atoms with Crippen LogP contribution in [0, 0.1) is 0 Å². The van der Waals surface area contributed by atoms with Gasteiger partial charge < -0.3 is 10.2 Å². The summed E-state index contributed by atoms with van der Waals surface area (Å²) in [5.41, 5.74) is 1.10. The zero-order valence-corrected chi connectivity index (χ0v) is 14.1. The van der Waals surface area contributed by atoms with E-state index in [1.165, 1.54) is 0 Å². The number of hydrogen-bond donors (Lipinski definition) is 1. The molecule has 1 heterocycles. The van der Waals surface area contributed by atoms with Crippen molar-refractivity contribution in [2.45, 2.75) is 38.8 Å². The second-order valence-electron chi connectivity index (χ2n) is 5.95. The van der Waals surface area contributed by atoms with Gasteiger partial charge >= 0.3 is 0 Å². The predicted octanol–water partition coefficient (Wildman–Crippen LogP) is 2.28. The molecule has 0 radical (unpaired) electrons. The molecule has 1 N–H and O–H groups in total. The summed E-state index contributed by atoms with van der Waals surface area (Å²) in [5.74, 6) is 0.245. The van der Waals surface area contributed by atoms with E-state index in [1.54, 1.807) is 0 Å². The number of piperidine rings is 1. The molecule has 1 fully saturated rings. The molecule has 0 spiro atoms. The van der Waals surface area contributed by atoms with E-state index >= 15 is 0 Å². The van der Waals surface area contributed by atoms with Gasteiger partial charge in [0, 0.05) is 19.1 Å². The lowest BCUT2D eigenvalue weighted by Crippen LogP contribution is -2.50. The van der Waals surface area contributed by atoms with Gasteiger partial charge in [-0.1, -0.05) is 44.2 Å². The van der Waals surface area contributed by atoms with Crippen molar-refractivity contribution in [2.75, 3.05) is 33.2 Å². The van der Waals surface area contributed by atoms with Crippen LogP contribution in [0.2, 0.25) is 0 Å². The van der Waals surface area contributed by atoms with Gasteiger partial charge in [-0.25, -0.2) is 0 Å². The number of rotatable bonds is 6. The smallest absolute Gasteiger partial charge is 0.244 e. The molecular formula is C18H29N3O. The SMILES string of the molecule is CCN(CC)C(C(=O)N1CCCC(NC)C1)c1ccccc1. The zero-order chi connectivity index (χ0) is 15.9. The van der Waals surface area contributed by atoms with Crippen molar-refractivity contribution in [3.63, 3.8) is 0 Å². The average Bonchev–Trinajstić information content (AvgIpc) is 2.59. The van der Waals surface area contributed by atoms with E-state index in [9.17, 15) is 4.79 Å². The Morgan fingerprint density at radius 2 is 2.00 bits per heavy atom. The Balaban J connectivity index is 2.22. The lowest BCUT2D eigenvalue weighted by Gasteiger charge is -2.38. The van der Waals surface area contributed by atoms with Crippen molar-refractivity contribution in [3.05, 3.63) is 35.9 Å². The van der Waals surface area contributed by atoms with E-state index in [2.05, 4.69) is 36.2 Å². The number of amides is 1. The first kappa shape index (κ1) is 17.0. The highest BCUT2D eigenvalue weighted by molar-refractivity contribution is 5.83. The van der Waals surface area contributed by atoms with E-state index in [1.807, 2.05) is 30.1 Å². The van der Waals surface area contributed by atoms with Crippen LogP contribution in [-0.2, 0) is 4.79 Å². The van der Waals surface area contributed by atoms with Crippen LogP contribution in [0.4, 0.5) is 0 Å². The Kier molecular flexibility index (Phi) is 6.40. The third-order valence-corrected chi connectivity index (χ3v) is 4.67. The van der Waals surface area contributed by atoms with Gasteiger partial charge in [-0.05, 0) is 38.5 Å². The van der Waals surface area contributed by atoms with Crippen LogP contribution in [0.15, 0.2) is 30.3 Å². The molecule has 0 aliphatic carbocycles. The summed E-state index contributed by atoms with van der Waals surface area (Å²) < 4.78 is 0. The highest BCUT2D eigenvalue weighted by Gasteiger charge is 2.32. The van der Waals surface area contributed by atoms with Crippen molar-refractivity contribution in [1.82, 2.24) is 15.1 Å². The number of likely N-dealkylation sites (N-methyl/N-ethyl adjacent to an activating group) is 2. The summed E-state index contributed by atoms with van der Waals surface area (Å²) >= 11 is 0. The Labute approximate surface area is 134 Å². The topological polar surface area (TPSA) is 35.6 Å². The van der Waals surface area contributed by atoms with Gasteiger partial charge in [0.1, 0.15) is 6.04 Å². The minimum atomic E-state index is -0.160. The van der Waals surface area contributed by atoms with Crippen molar-refractivity contribution in [1.29, 1.82) is 0 Å². The fourth-order valence-corrected chi connectivity index (χ4v) is 3.32. The fourth-order valence-electron chi connectivity index (χ4n) is 3.32. The number of nitrogens with one attached hydrogen (secondary N) is 1. The molecule has 4 heteroatoms. The number of hydrogen-bond acceptors (Lipinski definition) is 3.